The lowest BCUT2D eigenvalue weighted by molar-refractivity contribution is -0.117. The first-order valence-corrected chi connectivity index (χ1v) is 14.7. The van der Waals surface area contributed by atoms with Gasteiger partial charge in [0.05, 0.1) is 23.1 Å². The molecule has 0 fully saturated rings. The van der Waals surface area contributed by atoms with Crippen molar-refractivity contribution in [1.82, 2.24) is 10.2 Å². The first-order chi connectivity index (χ1) is 18.5. The molecule has 0 saturated heterocycles. The summed E-state index contributed by atoms with van der Waals surface area (Å²) in [7, 11) is 0. The number of hydrogen-bond acceptors (Lipinski definition) is 9. The van der Waals surface area contributed by atoms with Gasteiger partial charge in [-0.25, -0.2) is 0 Å². The minimum absolute atomic E-state index is 0.0312. The zero-order valence-electron chi connectivity index (χ0n) is 20.8. The van der Waals surface area contributed by atoms with Crippen LogP contribution >= 0.6 is 34.4 Å². The lowest BCUT2D eigenvalue weighted by atomic mass is 9.95. The monoisotopic (exact) mass is 563 g/mol. The molecule has 7 nitrogen and oxygen atoms in total. The summed E-state index contributed by atoms with van der Waals surface area (Å²) in [6.07, 6.45) is 0.879. The average Bonchev–Trinajstić information content (AvgIpc) is 3.68. The molecule has 3 heterocycles. The van der Waals surface area contributed by atoms with Crippen molar-refractivity contribution in [3.63, 3.8) is 0 Å². The van der Waals surface area contributed by atoms with E-state index in [1.165, 1.54) is 44.9 Å². The maximum absolute atomic E-state index is 13.5. The van der Waals surface area contributed by atoms with Crippen molar-refractivity contribution in [2.75, 3.05) is 11.5 Å². The fourth-order valence-electron chi connectivity index (χ4n) is 4.04. The van der Waals surface area contributed by atoms with Gasteiger partial charge >= 0.3 is 0 Å². The highest BCUT2D eigenvalue weighted by Crippen LogP contribution is 2.44. The second-order valence-corrected chi connectivity index (χ2v) is 11.8. The Kier molecular flexibility index (Phi) is 7.92. The summed E-state index contributed by atoms with van der Waals surface area (Å²) in [5.41, 5.74) is 3.04. The molecule has 194 valence electrons. The summed E-state index contributed by atoms with van der Waals surface area (Å²) < 4.78 is 6.39. The Balaban J connectivity index is 1.46. The molecule has 0 aliphatic carbocycles. The molecule has 38 heavy (non-hydrogen) atoms. The number of carbonyl (C=O) groups is 2. The number of thioether (sulfide) groups is 1. The summed E-state index contributed by atoms with van der Waals surface area (Å²) in [6, 6.07) is 18.1. The van der Waals surface area contributed by atoms with E-state index < -0.39 is 17.7 Å². The van der Waals surface area contributed by atoms with Crippen molar-refractivity contribution in [3.8, 4) is 5.75 Å². The van der Waals surface area contributed by atoms with E-state index in [1.54, 1.807) is 29.6 Å². The third kappa shape index (κ3) is 5.38. The number of ether oxygens (including phenoxy) is 1. The van der Waals surface area contributed by atoms with Gasteiger partial charge in [0.1, 0.15) is 5.75 Å². The van der Waals surface area contributed by atoms with Gasteiger partial charge in [0, 0.05) is 5.75 Å². The predicted octanol–water partition coefficient (Wildman–Crippen LogP) is 6.77. The van der Waals surface area contributed by atoms with Crippen LogP contribution in [0.25, 0.3) is 0 Å². The van der Waals surface area contributed by atoms with E-state index >= 15 is 0 Å². The number of aryl methyl sites for hydroxylation is 1. The number of rotatable bonds is 10. The summed E-state index contributed by atoms with van der Waals surface area (Å²) in [4.78, 5) is 28.7. The fourth-order valence-corrected chi connectivity index (χ4v) is 6.55. The van der Waals surface area contributed by atoms with Crippen LogP contribution in [0.2, 0.25) is 0 Å². The SMILES string of the molecule is CCCOc1ccc(C2C(C(=O)c3cccs3)=C(O)C(=O)N2c2nnc(SCc3ccc(C)cc3)s2)cc1. The maximum Gasteiger partial charge on any atom is 0.296 e. The number of anilines is 1. The summed E-state index contributed by atoms with van der Waals surface area (Å²) >= 11 is 4.04. The van der Waals surface area contributed by atoms with Crippen molar-refractivity contribution in [1.29, 1.82) is 0 Å². The summed E-state index contributed by atoms with van der Waals surface area (Å²) in [6.45, 7) is 4.66. The van der Waals surface area contributed by atoms with Gasteiger partial charge in [-0.2, -0.15) is 0 Å². The van der Waals surface area contributed by atoms with E-state index in [2.05, 4.69) is 34.5 Å². The highest BCUT2D eigenvalue weighted by atomic mass is 32.2. The summed E-state index contributed by atoms with van der Waals surface area (Å²) in [5, 5.41) is 21.6. The number of nitrogens with zero attached hydrogens (tertiary/aromatic N) is 3. The van der Waals surface area contributed by atoms with Gasteiger partial charge in [0.25, 0.3) is 5.91 Å². The minimum atomic E-state index is -0.847. The maximum atomic E-state index is 13.5. The lowest BCUT2D eigenvalue weighted by Gasteiger charge is -2.24. The molecule has 10 heteroatoms. The van der Waals surface area contributed by atoms with Crippen LogP contribution in [-0.2, 0) is 10.5 Å². The molecule has 2 aromatic carbocycles. The van der Waals surface area contributed by atoms with Gasteiger partial charge in [0.15, 0.2) is 10.1 Å². The number of amides is 1. The van der Waals surface area contributed by atoms with Crippen molar-refractivity contribution < 1.29 is 19.4 Å². The molecule has 1 aliphatic rings. The number of ketones is 1. The predicted molar refractivity (Wildman–Crippen MR) is 151 cm³/mol. The number of thiophene rings is 1. The Morgan fingerprint density at radius 2 is 1.87 bits per heavy atom. The van der Waals surface area contributed by atoms with Gasteiger partial charge in [-0.1, -0.05) is 78.1 Å². The molecule has 0 radical (unpaired) electrons. The van der Waals surface area contributed by atoms with E-state index in [0.717, 1.165) is 12.0 Å². The van der Waals surface area contributed by atoms with Crippen LogP contribution in [0.15, 0.2) is 81.7 Å². The summed E-state index contributed by atoms with van der Waals surface area (Å²) in [5.74, 6) is -0.229. The van der Waals surface area contributed by atoms with E-state index in [-0.39, 0.29) is 11.4 Å². The molecule has 1 unspecified atom stereocenters. The second-order valence-electron chi connectivity index (χ2n) is 8.69. The van der Waals surface area contributed by atoms with Crippen LogP contribution in [0.5, 0.6) is 5.75 Å². The van der Waals surface area contributed by atoms with E-state index in [9.17, 15) is 14.7 Å². The normalized spacial score (nSPS) is 15.4. The van der Waals surface area contributed by atoms with Crippen LogP contribution in [-0.4, -0.2) is 33.6 Å². The number of aliphatic hydroxyl groups is 1. The minimum Gasteiger partial charge on any atom is -0.503 e. The van der Waals surface area contributed by atoms with Crippen molar-refractivity contribution in [2.45, 2.75) is 36.4 Å². The van der Waals surface area contributed by atoms with Crippen molar-refractivity contribution in [2.24, 2.45) is 0 Å². The van der Waals surface area contributed by atoms with Crippen molar-refractivity contribution in [3.05, 3.63) is 98.9 Å². The Bertz CT molecular complexity index is 1460. The Morgan fingerprint density at radius 3 is 2.55 bits per heavy atom. The van der Waals surface area contributed by atoms with E-state index in [1.807, 2.05) is 26.0 Å². The topological polar surface area (TPSA) is 92.6 Å². The van der Waals surface area contributed by atoms with Crippen LogP contribution < -0.4 is 9.64 Å². The van der Waals surface area contributed by atoms with Gasteiger partial charge in [-0.3, -0.25) is 14.5 Å². The zero-order chi connectivity index (χ0) is 26.6. The molecule has 2 aromatic heterocycles. The van der Waals surface area contributed by atoms with Crippen molar-refractivity contribution >= 4 is 51.3 Å². The number of carbonyl (C=O) groups excluding carboxylic acids is 2. The second kappa shape index (κ2) is 11.5. The van der Waals surface area contributed by atoms with E-state index in [0.29, 0.717) is 38.0 Å². The van der Waals surface area contributed by atoms with Gasteiger partial charge in [-0.05, 0) is 48.1 Å². The smallest absolute Gasteiger partial charge is 0.296 e. The number of aromatic nitrogens is 2. The van der Waals surface area contributed by atoms with Gasteiger partial charge in [-0.15, -0.1) is 21.5 Å². The highest BCUT2D eigenvalue weighted by molar-refractivity contribution is 8.00. The molecular weight excluding hydrogens is 539 g/mol. The molecular formula is C28H25N3O4S3. The van der Waals surface area contributed by atoms with Crippen LogP contribution in [0, 0.1) is 6.92 Å². The Labute approximate surface area is 232 Å². The van der Waals surface area contributed by atoms with Gasteiger partial charge < -0.3 is 9.84 Å². The lowest BCUT2D eigenvalue weighted by Crippen LogP contribution is -2.31. The average molecular weight is 564 g/mol. The fraction of sp³-hybridized carbons (Fsp3) is 0.214. The Hall–Kier alpha value is -3.47. The largest absolute Gasteiger partial charge is 0.503 e. The molecule has 1 amide bonds. The molecule has 0 spiro atoms. The highest BCUT2D eigenvalue weighted by Gasteiger charge is 2.46. The standard InChI is InChI=1S/C28H25N3O4S3/c1-3-14-35-20-12-10-19(11-13-20)23-22(24(32)21-5-4-15-36-21)25(33)26(34)31(23)27-29-30-28(38-27)37-16-18-8-6-17(2)7-9-18/h4-13,15,23,33H,3,14,16H2,1-2H3. The van der Waals surface area contributed by atoms with Crippen LogP contribution in [0.3, 0.4) is 0 Å². The molecule has 1 N–H and O–H groups in total. The first-order valence-electron chi connectivity index (χ1n) is 12.1. The zero-order valence-corrected chi connectivity index (χ0v) is 23.2. The third-order valence-electron chi connectivity index (χ3n) is 5.95. The first kappa shape index (κ1) is 26.1. The Morgan fingerprint density at radius 1 is 1.11 bits per heavy atom. The number of aliphatic hydroxyl groups excluding tert-OH is 1. The van der Waals surface area contributed by atoms with Crippen LogP contribution in [0.1, 0.15) is 45.7 Å². The third-order valence-corrected chi connectivity index (χ3v) is 8.95. The molecule has 0 saturated carbocycles. The molecule has 4 aromatic rings. The van der Waals surface area contributed by atoms with Crippen LogP contribution in [0.4, 0.5) is 5.13 Å². The number of Topliss-reactive ketones (excluding diaryl/α,β-unsaturated/α-hetero) is 1. The molecule has 1 aliphatic heterocycles. The molecule has 5 rings (SSSR count). The molecule has 0 bridgehead atoms. The molecule has 1 atom stereocenters. The number of benzene rings is 2. The van der Waals surface area contributed by atoms with Gasteiger partial charge in [0.2, 0.25) is 10.9 Å². The quantitative estimate of drug-likeness (QED) is 0.129. The number of hydrogen-bond donors (Lipinski definition) is 1. The van der Waals surface area contributed by atoms with E-state index in [4.69, 9.17) is 4.74 Å².